The summed E-state index contributed by atoms with van der Waals surface area (Å²) in [6, 6.07) is 3.19. The molecular formula is C12H17ClN2O2. The van der Waals surface area contributed by atoms with Crippen molar-refractivity contribution in [2.75, 3.05) is 18.0 Å². The largest absolute Gasteiger partial charge is 0.478 e. The summed E-state index contributed by atoms with van der Waals surface area (Å²) in [4.78, 5) is 17.3. The molecule has 0 amide bonds. The molecule has 0 spiro atoms. The van der Waals surface area contributed by atoms with Gasteiger partial charge in [-0.1, -0.05) is 12.8 Å². The summed E-state index contributed by atoms with van der Waals surface area (Å²) in [6.45, 7) is 1.96. The molecule has 0 aliphatic carbocycles. The molecule has 94 valence electrons. The number of anilines is 1. The zero-order valence-electron chi connectivity index (χ0n) is 9.63. The average Bonchev–Trinajstić information content (AvgIpc) is 2.57. The van der Waals surface area contributed by atoms with Gasteiger partial charge in [-0.2, -0.15) is 0 Å². The quantitative estimate of drug-likeness (QED) is 0.884. The SMILES string of the molecule is Cl.O=C(O)c1ccnc(N2CCCCCC2)c1. The minimum Gasteiger partial charge on any atom is -0.478 e. The van der Waals surface area contributed by atoms with Gasteiger partial charge in [-0.3, -0.25) is 0 Å². The molecule has 4 nitrogen and oxygen atoms in total. The van der Waals surface area contributed by atoms with Crippen molar-refractivity contribution in [3.63, 3.8) is 0 Å². The van der Waals surface area contributed by atoms with Crippen LogP contribution in [0.5, 0.6) is 0 Å². The number of hydrogen-bond donors (Lipinski definition) is 1. The van der Waals surface area contributed by atoms with Crippen LogP contribution in [0.2, 0.25) is 0 Å². The van der Waals surface area contributed by atoms with Gasteiger partial charge in [-0.05, 0) is 25.0 Å². The topological polar surface area (TPSA) is 53.4 Å². The van der Waals surface area contributed by atoms with E-state index in [0.29, 0.717) is 5.56 Å². The normalized spacial score (nSPS) is 15.9. The minimum absolute atomic E-state index is 0. The van der Waals surface area contributed by atoms with E-state index < -0.39 is 5.97 Å². The van der Waals surface area contributed by atoms with Crippen LogP contribution in [0.25, 0.3) is 0 Å². The summed E-state index contributed by atoms with van der Waals surface area (Å²) in [5.41, 5.74) is 0.314. The second-order valence-corrected chi connectivity index (χ2v) is 4.11. The number of hydrogen-bond acceptors (Lipinski definition) is 3. The van der Waals surface area contributed by atoms with E-state index in [9.17, 15) is 4.79 Å². The highest BCUT2D eigenvalue weighted by Crippen LogP contribution is 2.18. The van der Waals surface area contributed by atoms with Gasteiger partial charge >= 0.3 is 5.97 Å². The molecule has 17 heavy (non-hydrogen) atoms. The Bertz CT molecular complexity index is 377. The molecule has 0 radical (unpaired) electrons. The highest BCUT2D eigenvalue weighted by atomic mass is 35.5. The summed E-state index contributed by atoms with van der Waals surface area (Å²) in [6.07, 6.45) is 6.42. The lowest BCUT2D eigenvalue weighted by Crippen LogP contribution is -2.25. The first kappa shape index (κ1) is 13.8. The number of halogens is 1. The molecule has 0 saturated carbocycles. The van der Waals surface area contributed by atoms with E-state index in [-0.39, 0.29) is 12.4 Å². The lowest BCUT2D eigenvalue weighted by Gasteiger charge is -2.21. The van der Waals surface area contributed by atoms with Crippen molar-refractivity contribution in [3.8, 4) is 0 Å². The summed E-state index contributed by atoms with van der Waals surface area (Å²) >= 11 is 0. The van der Waals surface area contributed by atoms with Gasteiger partial charge in [-0.25, -0.2) is 9.78 Å². The number of aromatic carboxylic acids is 1. The van der Waals surface area contributed by atoms with Crippen LogP contribution >= 0.6 is 12.4 Å². The first-order valence-corrected chi connectivity index (χ1v) is 5.71. The number of carboxylic acid groups (broad SMARTS) is 1. The average molecular weight is 257 g/mol. The Morgan fingerprint density at radius 1 is 1.24 bits per heavy atom. The monoisotopic (exact) mass is 256 g/mol. The van der Waals surface area contributed by atoms with Gasteiger partial charge in [0.2, 0.25) is 0 Å². The van der Waals surface area contributed by atoms with Crippen LogP contribution in [0.3, 0.4) is 0 Å². The summed E-state index contributed by atoms with van der Waals surface area (Å²) in [7, 11) is 0. The van der Waals surface area contributed by atoms with Crippen molar-refractivity contribution >= 4 is 24.2 Å². The number of aromatic nitrogens is 1. The van der Waals surface area contributed by atoms with Gasteiger partial charge in [0, 0.05) is 19.3 Å². The number of rotatable bonds is 2. The fourth-order valence-electron chi connectivity index (χ4n) is 2.02. The molecule has 2 heterocycles. The third-order valence-electron chi connectivity index (χ3n) is 2.92. The molecular weight excluding hydrogens is 240 g/mol. The number of pyridine rings is 1. The maximum absolute atomic E-state index is 10.9. The van der Waals surface area contributed by atoms with Crippen molar-refractivity contribution in [1.82, 2.24) is 4.98 Å². The van der Waals surface area contributed by atoms with Gasteiger partial charge in [-0.15, -0.1) is 12.4 Å². The van der Waals surface area contributed by atoms with Gasteiger partial charge in [0.15, 0.2) is 0 Å². The van der Waals surface area contributed by atoms with Crippen LogP contribution in [0.4, 0.5) is 5.82 Å². The van der Waals surface area contributed by atoms with E-state index in [1.54, 1.807) is 12.3 Å². The van der Waals surface area contributed by atoms with E-state index in [2.05, 4.69) is 9.88 Å². The molecule has 1 saturated heterocycles. The van der Waals surface area contributed by atoms with Gasteiger partial charge in [0.25, 0.3) is 0 Å². The molecule has 2 rings (SSSR count). The number of carbonyl (C=O) groups is 1. The van der Waals surface area contributed by atoms with Crippen molar-refractivity contribution in [1.29, 1.82) is 0 Å². The predicted octanol–water partition coefficient (Wildman–Crippen LogP) is 2.58. The highest BCUT2D eigenvalue weighted by molar-refractivity contribution is 5.88. The van der Waals surface area contributed by atoms with Crippen LogP contribution in [0.1, 0.15) is 36.0 Å². The van der Waals surface area contributed by atoms with Crippen LogP contribution in [0.15, 0.2) is 18.3 Å². The number of nitrogens with zero attached hydrogens (tertiary/aromatic N) is 2. The van der Waals surface area contributed by atoms with E-state index in [4.69, 9.17) is 5.11 Å². The van der Waals surface area contributed by atoms with Crippen molar-refractivity contribution in [2.45, 2.75) is 25.7 Å². The fourth-order valence-corrected chi connectivity index (χ4v) is 2.02. The maximum atomic E-state index is 10.9. The van der Waals surface area contributed by atoms with E-state index in [1.165, 1.54) is 31.7 Å². The Hall–Kier alpha value is -1.29. The van der Waals surface area contributed by atoms with Gasteiger partial charge in [0.05, 0.1) is 5.56 Å². The maximum Gasteiger partial charge on any atom is 0.335 e. The summed E-state index contributed by atoms with van der Waals surface area (Å²) in [5.74, 6) is -0.0970. The Balaban J connectivity index is 0.00000144. The second-order valence-electron chi connectivity index (χ2n) is 4.11. The smallest absolute Gasteiger partial charge is 0.335 e. The summed E-state index contributed by atoms with van der Waals surface area (Å²) < 4.78 is 0. The van der Waals surface area contributed by atoms with E-state index in [0.717, 1.165) is 18.9 Å². The van der Waals surface area contributed by atoms with Crippen LogP contribution in [-0.2, 0) is 0 Å². The molecule has 1 aromatic rings. The van der Waals surface area contributed by atoms with Crippen molar-refractivity contribution in [3.05, 3.63) is 23.9 Å². The molecule has 1 N–H and O–H groups in total. The first-order chi connectivity index (χ1) is 7.77. The Kier molecular flexibility index (Phi) is 5.22. The third-order valence-corrected chi connectivity index (χ3v) is 2.92. The first-order valence-electron chi connectivity index (χ1n) is 5.71. The van der Waals surface area contributed by atoms with Crippen molar-refractivity contribution in [2.24, 2.45) is 0 Å². The molecule has 0 atom stereocenters. The lowest BCUT2D eigenvalue weighted by atomic mass is 10.2. The molecule has 1 aromatic heterocycles. The second kappa shape index (κ2) is 6.45. The van der Waals surface area contributed by atoms with E-state index in [1.807, 2.05) is 0 Å². The van der Waals surface area contributed by atoms with Crippen LogP contribution in [0, 0.1) is 0 Å². The van der Waals surface area contributed by atoms with E-state index >= 15 is 0 Å². The van der Waals surface area contributed by atoms with Gasteiger partial charge < -0.3 is 10.0 Å². The lowest BCUT2D eigenvalue weighted by molar-refractivity contribution is 0.0697. The third kappa shape index (κ3) is 3.60. The molecule has 1 aliphatic rings. The summed E-state index contributed by atoms with van der Waals surface area (Å²) in [5, 5.41) is 8.92. The van der Waals surface area contributed by atoms with Crippen molar-refractivity contribution < 1.29 is 9.90 Å². The number of carboxylic acids is 1. The highest BCUT2D eigenvalue weighted by Gasteiger charge is 2.12. The zero-order valence-corrected chi connectivity index (χ0v) is 10.4. The standard InChI is InChI=1S/C12H16N2O2.ClH/c15-12(16)10-5-6-13-11(9-10)14-7-3-1-2-4-8-14;/h5-6,9H,1-4,7-8H2,(H,15,16);1H. The predicted molar refractivity (Wildman–Crippen MR) is 69.1 cm³/mol. The Morgan fingerprint density at radius 2 is 1.88 bits per heavy atom. The minimum atomic E-state index is -0.890. The molecule has 0 bridgehead atoms. The molecule has 0 aromatic carbocycles. The zero-order chi connectivity index (χ0) is 11.4. The van der Waals surface area contributed by atoms with Crippen LogP contribution in [-0.4, -0.2) is 29.1 Å². The van der Waals surface area contributed by atoms with Crippen LogP contribution < -0.4 is 4.90 Å². The fraction of sp³-hybridized carbons (Fsp3) is 0.500. The Morgan fingerprint density at radius 3 is 2.47 bits per heavy atom. The molecule has 1 fully saturated rings. The molecule has 5 heteroatoms. The van der Waals surface area contributed by atoms with Gasteiger partial charge in [0.1, 0.15) is 5.82 Å². The molecule has 0 unspecified atom stereocenters. The molecule has 1 aliphatic heterocycles. The Labute approximate surface area is 107 Å².